The lowest BCUT2D eigenvalue weighted by atomic mass is 9.84. The summed E-state index contributed by atoms with van der Waals surface area (Å²) in [4.78, 5) is 9.45. The van der Waals surface area contributed by atoms with Gasteiger partial charge in [0.15, 0.2) is 11.5 Å². The van der Waals surface area contributed by atoms with Crippen LogP contribution in [0.25, 0.3) is 22.7 Å². The molecule has 9 heteroatoms. The Balaban J connectivity index is 1.52. The lowest BCUT2D eigenvalue weighted by Crippen LogP contribution is -2.16. The highest BCUT2D eigenvalue weighted by atomic mass is 35.5. The van der Waals surface area contributed by atoms with Crippen molar-refractivity contribution >= 4 is 17.2 Å². The van der Waals surface area contributed by atoms with Crippen molar-refractivity contribution < 1.29 is 9.84 Å². The number of rotatable bonds is 3. The predicted molar refractivity (Wildman–Crippen MR) is 139 cm³/mol. The Morgan fingerprint density at radius 1 is 0.892 bits per heavy atom. The Bertz CT molecular complexity index is 1810. The number of aromatic hydroxyl groups is 1. The number of hydrogen-bond donors (Lipinski definition) is 1. The molecule has 0 aliphatic carbocycles. The first-order chi connectivity index (χ1) is 18.1. The second kappa shape index (κ2) is 8.18. The van der Waals surface area contributed by atoms with Crippen LogP contribution in [0.3, 0.4) is 0 Å². The molecule has 4 heterocycles. The van der Waals surface area contributed by atoms with Gasteiger partial charge in [0.25, 0.3) is 0 Å². The van der Waals surface area contributed by atoms with Crippen LogP contribution in [0.4, 0.5) is 0 Å². The maximum atomic E-state index is 10.4. The van der Waals surface area contributed by atoms with Gasteiger partial charge in [0.2, 0.25) is 11.8 Å². The third-order valence-electron chi connectivity index (χ3n) is 6.58. The molecule has 0 saturated carbocycles. The smallest absolute Gasteiger partial charge is 0.230 e. The zero-order valence-corrected chi connectivity index (χ0v) is 20.3. The summed E-state index contributed by atoms with van der Waals surface area (Å²) in [5.41, 5.74) is 5.26. The molecule has 0 spiro atoms. The Hall–Kier alpha value is -4.69. The number of aryl methyl sites for hydroxylation is 1. The molecule has 3 aromatic carbocycles. The van der Waals surface area contributed by atoms with Crippen molar-refractivity contribution in [1.82, 2.24) is 29.4 Å². The van der Waals surface area contributed by atoms with E-state index in [0.717, 1.165) is 28.1 Å². The molecule has 6 aromatic rings. The number of fused-ring (bicyclic) bond motifs is 4. The van der Waals surface area contributed by atoms with Crippen molar-refractivity contribution in [2.75, 3.05) is 0 Å². The standard InChI is InChI=1S/C28H19ClN6O2/c1-16-22-23(18-11-5-7-13-20(18)29)24-26-31-25(19-12-6-8-14-21(19)36)33-34(26)15-30-27(24)37-28(22)35(32-16)17-9-3-2-4-10-17/h2-15,23,36H,1H3/t23-/m0/s1. The minimum absolute atomic E-state index is 0.0985. The number of halogens is 1. The predicted octanol–water partition coefficient (Wildman–Crippen LogP) is 5.93. The van der Waals surface area contributed by atoms with Crippen LogP contribution in [-0.4, -0.2) is 34.5 Å². The van der Waals surface area contributed by atoms with Crippen molar-refractivity contribution in [3.63, 3.8) is 0 Å². The van der Waals surface area contributed by atoms with Gasteiger partial charge in [-0.15, -0.1) is 5.10 Å². The van der Waals surface area contributed by atoms with E-state index in [2.05, 4.69) is 10.1 Å². The summed E-state index contributed by atoms with van der Waals surface area (Å²) in [5, 5.41) is 20.5. The van der Waals surface area contributed by atoms with Crippen LogP contribution in [0.1, 0.15) is 28.3 Å². The second-order valence-electron chi connectivity index (χ2n) is 8.79. The monoisotopic (exact) mass is 506 g/mol. The van der Waals surface area contributed by atoms with Crippen molar-refractivity contribution in [3.8, 4) is 34.6 Å². The fourth-order valence-corrected chi connectivity index (χ4v) is 5.16. The van der Waals surface area contributed by atoms with Crippen molar-refractivity contribution in [3.05, 3.63) is 113 Å². The summed E-state index contributed by atoms with van der Waals surface area (Å²) in [7, 11) is 0. The van der Waals surface area contributed by atoms with E-state index in [0.29, 0.717) is 33.8 Å². The molecule has 0 fully saturated rings. The average molecular weight is 507 g/mol. The second-order valence-corrected chi connectivity index (χ2v) is 9.20. The van der Waals surface area contributed by atoms with Crippen LogP contribution in [0, 0.1) is 6.92 Å². The number of para-hydroxylation sites is 2. The van der Waals surface area contributed by atoms with E-state index in [-0.39, 0.29) is 11.7 Å². The van der Waals surface area contributed by atoms with E-state index in [1.54, 1.807) is 33.7 Å². The molecule has 1 aliphatic heterocycles. The number of ether oxygens (including phenoxy) is 1. The fourth-order valence-electron chi connectivity index (χ4n) is 4.92. The van der Waals surface area contributed by atoms with Crippen molar-refractivity contribution in [1.29, 1.82) is 0 Å². The lowest BCUT2D eigenvalue weighted by molar-refractivity contribution is 0.402. The summed E-state index contributed by atoms with van der Waals surface area (Å²) in [6.07, 6.45) is 1.56. The Labute approximate surface area is 216 Å². The molecular formula is C28H19ClN6O2. The SMILES string of the molecule is Cc1nn(-c2ccccc2)c2c1[C@H](c1ccccc1Cl)c1c(ncn3nc(-c4ccccc4O)nc13)O2. The van der Waals surface area contributed by atoms with Crippen LogP contribution in [0.2, 0.25) is 5.02 Å². The van der Waals surface area contributed by atoms with Gasteiger partial charge in [0.1, 0.15) is 12.1 Å². The minimum Gasteiger partial charge on any atom is -0.507 e. The molecule has 3 aromatic heterocycles. The summed E-state index contributed by atoms with van der Waals surface area (Å²) >= 11 is 6.78. The van der Waals surface area contributed by atoms with Gasteiger partial charge in [-0.2, -0.15) is 5.10 Å². The van der Waals surface area contributed by atoms with E-state index < -0.39 is 0 Å². The van der Waals surface area contributed by atoms with Crippen molar-refractivity contribution in [2.45, 2.75) is 12.8 Å². The first-order valence-electron chi connectivity index (χ1n) is 11.7. The largest absolute Gasteiger partial charge is 0.507 e. The highest BCUT2D eigenvalue weighted by molar-refractivity contribution is 6.31. The molecule has 8 nitrogen and oxygen atoms in total. The Morgan fingerprint density at radius 2 is 1.65 bits per heavy atom. The first kappa shape index (κ1) is 21.6. The molecule has 7 rings (SSSR count). The Kier molecular flexibility index (Phi) is 4.77. The molecular weight excluding hydrogens is 488 g/mol. The maximum absolute atomic E-state index is 10.4. The van der Waals surface area contributed by atoms with Gasteiger partial charge in [-0.1, -0.05) is 60.1 Å². The number of phenols is 1. The average Bonchev–Trinajstić information content (AvgIpc) is 3.50. The third kappa shape index (κ3) is 3.30. The molecule has 0 amide bonds. The van der Waals surface area contributed by atoms with Gasteiger partial charge in [-0.25, -0.2) is 19.2 Å². The van der Waals surface area contributed by atoms with Gasteiger partial charge in [-0.3, -0.25) is 0 Å². The third-order valence-corrected chi connectivity index (χ3v) is 6.93. The Morgan fingerprint density at radius 3 is 2.46 bits per heavy atom. The van der Waals surface area contributed by atoms with Crippen LogP contribution < -0.4 is 4.74 Å². The number of benzene rings is 3. The molecule has 0 unspecified atom stereocenters. The minimum atomic E-state index is -0.359. The molecule has 1 atom stereocenters. The van der Waals surface area contributed by atoms with Gasteiger partial charge in [0.05, 0.1) is 34.0 Å². The lowest BCUT2D eigenvalue weighted by Gasteiger charge is -2.27. The summed E-state index contributed by atoms with van der Waals surface area (Å²) < 4.78 is 9.84. The van der Waals surface area contributed by atoms with Crippen LogP contribution in [0.5, 0.6) is 17.5 Å². The van der Waals surface area contributed by atoms with Crippen LogP contribution in [0.15, 0.2) is 85.2 Å². The van der Waals surface area contributed by atoms with E-state index in [1.807, 2.05) is 67.6 Å². The number of hydrogen-bond acceptors (Lipinski definition) is 6. The molecule has 37 heavy (non-hydrogen) atoms. The zero-order valence-electron chi connectivity index (χ0n) is 19.6. The highest BCUT2D eigenvalue weighted by Crippen LogP contribution is 2.51. The van der Waals surface area contributed by atoms with Crippen LogP contribution >= 0.6 is 11.6 Å². The van der Waals surface area contributed by atoms with E-state index >= 15 is 0 Å². The van der Waals surface area contributed by atoms with E-state index in [4.69, 9.17) is 26.4 Å². The number of nitrogens with zero attached hydrogens (tertiary/aromatic N) is 6. The molecule has 180 valence electrons. The number of aromatic nitrogens is 6. The maximum Gasteiger partial charge on any atom is 0.230 e. The zero-order chi connectivity index (χ0) is 25.1. The number of phenolic OH excluding ortho intramolecular Hbond substituents is 1. The van der Waals surface area contributed by atoms with Crippen molar-refractivity contribution in [2.24, 2.45) is 0 Å². The quantitative estimate of drug-likeness (QED) is 0.319. The summed E-state index contributed by atoms with van der Waals surface area (Å²) in [6.45, 7) is 1.96. The molecule has 0 radical (unpaired) electrons. The summed E-state index contributed by atoms with van der Waals surface area (Å²) in [6, 6.07) is 24.5. The fraction of sp³-hybridized carbons (Fsp3) is 0.0714. The van der Waals surface area contributed by atoms with Gasteiger partial charge >= 0.3 is 0 Å². The molecule has 0 bridgehead atoms. The highest BCUT2D eigenvalue weighted by Gasteiger charge is 2.39. The van der Waals surface area contributed by atoms with Crippen LogP contribution in [-0.2, 0) is 0 Å². The summed E-state index contributed by atoms with van der Waals surface area (Å²) in [5.74, 6) is 1.11. The molecule has 1 aliphatic rings. The van der Waals surface area contributed by atoms with E-state index in [9.17, 15) is 5.11 Å². The normalized spacial score (nSPS) is 14.3. The first-order valence-corrected chi connectivity index (χ1v) is 12.1. The van der Waals surface area contributed by atoms with Gasteiger partial charge < -0.3 is 9.84 Å². The van der Waals surface area contributed by atoms with E-state index in [1.165, 1.54) is 0 Å². The van der Waals surface area contributed by atoms with Gasteiger partial charge in [0, 0.05) is 5.02 Å². The molecule has 0 saturated heterocycles. The molecule has 1 N–H and O–H groups in total. The van der Waals surface area contributed by atoms with Gasteiger partial charge in [-0.05, 0) is 42.8 Å². The topological polar surface area (TPSA) is 90.4 Å².